The summed E-state index contributed by atoms with van der Waals surface area (Å²) in [5.74, 6) is -4.19. The Bertz CT molecular complexity index is 584. The van der Waals surface area contributed by atoms with E-state index in [9.17, 15) is 18.4 Å². The Morgan fingerprint density at radius 3 is 2.38 bits per heavy atom. The number of carbonyl (C=O) groups is 2. The van der Waals surface area contributed by atoms with Gasteiger partial charge in [0.15, 0.2) is 0 Å². The molecule has 7 heteroatoms. The Morgan fingerprint density at radius 1 is 1.24 bits per heavy atom. The smallest absolute Gasteiger partial charge is 0.338 e. The first-order chi connectivity index (χ1) is 9.89. The number of nitrogens with one attached hydrogen (secondary N) is 1. The molecule has 1 aliphatic rings. The van der Waals surface area contributed by atoms with E-state index in [0.29, 0.717) is 18.9 Å². The number of rotatable bonds is 4. The fourth-order valence-electron chi connectivity index (χ4n) is 2.64. The molecule has 1 aromatic carbocycles. The maximum Gasteiger partial charge on any atom is 0.338 e. The molecule has 1 amide bonds. The monoisotopic (exact) mass is 298 g/mol. The lowest BCUT2D eigenvalue weighted by Crippen LogP contribution is -2.40. The molecule has 1 aromatic rings. The number of hydrogen-bond acceptors (Lipinski definition) is 3. The zero-order valence-corrected chi connectivity index (χ0v) is 11.3. The van der Waals surface area contributed by atoms with Gasteiger partial charge in [0.25, 0.3) is 0 Å². The second kappa shape index (κ2) is 5.77. The summed E-state index contributed by atoms with van der Waals surface area (Å²) in [7, 11) is 0. The molecule has 1 saturated carbocycles. The standard InChI is InChI=1S/C14H16F2N2O3/c15-9-6-10(16)11(5-8(9)12(19)20)18-13(21)14(7-17)3-1-2-4-14/h5-6H,1-4,7,17H2,(H,18,21)(H,19,20). The van der Waals surface area contributed by atoms with Crippen LogP contribution < -0.4 is 11.1 Å². The van der Waals surface area contributed by atoms with Crippen LogP contribution in [0, 0.1) is 17.0 Å². The number of benzene rings is 1. The average Bonchev–Trinajstić information content (AvgIpc) is 2.91. The number of anilines is 1. The summed E-state index contributed by atoms with van der Waals surface area (Å²) in [6, 6.07) is 1.23. The fraction of sp³-hybridized carbons (Fsp3) is 0.429. The lowest BCUT2D eigenvalue weighted by atomic mass is 9.85. The molecule has 0 bridgehead atoms. The number of halogens is 2. The highest BCUT2D eigenvalue weighted by atomic mass is 19.1. The normalized spacial score (nSPS) is 16.7. The molecule has 0 aromatic heterocycles. The first-order valence-electron chi connectivity index (χ1n) is 6.63. The van der Waals surface area contributed by atoms with Gasteiger partial charge in [0.05, 0.1) is 16.7 Å². The van der Waals surface area contributed by atoms with Crippen molar-refractivity contribution in [3.8, 4) is 0 Å². The quantitative estimate of drug-likeness (QED) is 0.794. The van der Waals surface area contributed by atoms with Crippen molar-refractivity contribution in [2.45, 2.75) is 25.7 Å². The van der Waals surface area contributed by atoms with Crippen LogP contribution in [0.3, 0.4) is 0 Å². The largest absolute Gasteiger partial charge is 0.478 e. The van der Waals surface area contributed by atoms with E-state index in [1.807, 2.05) is 0 Å². The van der Waals surface area contributed by atoms with Gasteiger partial charge in [-0.3, -0.25) is 4.79 Å². The minimum Gasteiger partial charge on any atom is -0.478 e. The average molecular weight is 298 g/mol. The number of carboxylic acid groups (broad SMARTS) is 1. The minimum atomic E-state index is -1.53. The maximum absolute atomic E-state index is 13.7. The number of nitrogens with two attached hydrogens (primary N) is 1. The predicted molar refractivity (Wildman–Crippen MR) is 71.9 cm³/mol. The number of hydrogen-bond donors (Lipinski definition) is 3. The topological polar surface area (TPSA) is 92.4 Å². The summed E-state index contributed by atoms with van der Waals surface area (Å²) in [5, 5.41) is 11.2. The molecule has 21 heavy (non-hydrogen) atoms. The molecule has 0 unspecified atom stereocenters. The second-order valence-corrected chi connectivity index (χ2v) is 5.26. The van der Waals surface area contributed by atoms with E-state index in [2.05, 4.69) is 5.32 Å². The van der Waals surface area contributed by atoms with E-state index in [1.165, 1.54) is 0 Å². The van der Waals surface area contributed by atoms with Crippen LogP contribution in [0.2, 0.25) is 0 Å². The van der Waals surface area contributed by atoms with Gasteiger partial charge >= 0.3 is 5.97 Å². The molecule has 0 saturated heterocycles. The van der Waals surface area contributed by atoms with Crippen molar-refractivity contribution in [2.24, 2.45) is 11.1 Å². The molecule has 0 aliphatic heterocycles. The van der Waals surface area contributed by atoms with Crippen LogP contribution >= 0.6 is 0 Å². The Hall–Kier alpha value is -2.02. The summed E-state index contributed by atoms with van der Waals surface area (Å²) < 4.78 is 27.0. The maximum atomic E-state index is 13.7. The Morgan fingerprint density at radius 2 is 1.86 bits per heavy atom. The Balaban J connectivity index is 2.29. The van der Waals surface area contributed by atoms with Crippen molar-refractivity contribution in [3.63, 3.8) is 0 Å². The van der Waals surface area contributed by atoms with Gasteiger partial charge in [0.2, 0.25) is 5.91 Å². The molecule has 5 nitrogen and oxygen atoms in total. The first-order valence-corrected chi connectivity index (χ1v) is 6.63. The minimum absolute atomic E-state index is 0.132. The van der Waals surface area contributed by atoms with Gasteiger partial charge in [-0.2, -0.15) is 0 Å². The van der Waals surface area contributed by atoms with Crippen LogP contribution in [0.25, 0.3) is 0 Å². The number of amides is 1. The van der Waals surface area contributed by atoms with E-state index in [-0.39, 0.29) is 12.2 Å². The van der Waals surface area contributed by atoms with Crippen molar-refractivity contribution < 1.29 is 23.5 Å². The van der Waals surface area contributed by atoms with E-state index in [4.69, 9.17) is 10.8 Å². The summed E-state index contributed by atoms with van der Waals surface area (Å²) in [4.78, 5) is 23.1. The van der Waals surface area contributed by atoms with Crippen molar-refractivity contribution >= 4 is 17.6 Å². The summed E-state index contributed by atoms with van der Waals surface area (Å²) >= 11 is 0. The van der Waals surface area contributed by atoms with Gasteiger partial charge in [-0.05, 0) is 18.9 Å². The van der Waals surface area contributed by atoms with Crippen molar-refractivity contribution in [1.29, 1.82) is 0 Å². The summed E-state index contributed by atoms with van der Waals surface area (Å²) in [6.45, 7) is 0.132. The third-order valence-corrected chi connectivity index (χ3v) is 3.97. The molecule has 2 rings (SSSR count). The van der Waals surface area contributed by atoms with Crippen molar-refractivity contribution in [3.05, 3.63) is 29.3 Å². The van der Waals surface area contributed by atoms with Gasteiger partial charge in [-0.15, -0.1) is 0 Å². The van der Waals surface area contributed by atoms with Gasteiger partial charge in [-0.25, -0.2) is 13.6 Å². The molecular formula is C14H16F2N2O3. The van der Waals surface area contributed by atoms with Gasteiger partial charge in [0.1, 0.15) is 11.6 Å². The number of carboxylic acids is 1. The molecule has 0 radical (unpaired) electrons. The van der Waals surface area contributed by atoms with Crippen LogP contribution in [0.15, 0.2) is 12.1 Å². The van der Waals surface area contributed by atoms with E-state index in [0.717, 1.165) is 18.9 Å². The molecule has 0 heterocycles. The van der Waals surface area contributed by atoms with Gasteiger partial charge in [-0.1, -0.05) is 12.8 Å². The number of aromatic carboxylic acids is 1. The predicted octanol–water partition coefficient (Wildman–Crippen LogP) is 2.12. The molecular weight excluding hydrogens is 282 g/mol. The fourth-order valence-corrected chi connectivity index (χ4v) is 2.64. The van der Waals surface area contributed by atoms with E-state index >= 15 is 0 Å². The third kappa shape index (κ3) is 2.87. The van der Waals surface area contributed by atoms with Gasteiger partial charge in [0, 0.05) is 12.6 Å². The van der Waals surface area contributed by atoms with Crippen LogP contribution in [-0.4, -0.2) is 23.5 Å². The van der Waals surface area contributed by atoms with Crippen molar-refractivity contribution in [2.75, 3.05) is 11.9 Å². The summed E-state index contributed by atoms with van der Waals surface area (Å²) in [6.07, 6.45) is 2.92. The number of carbonyl (C=O) groups excluding carboxylic acids is 1. The molecule has 1 aliphatic carbocycles. The lowest BCUT2D eigenvalue weighted by molar-refractivity contribution is -0.124. The SMILES string of the molecule is NCC1(C(=O)Nc2cc(C(=O)O)c(F)cc2F)CCCC1. The Kier molecular flexibility index (Phi) is 4.22. The summed E-state index contributed by atoms with van der Waals surface area (Å²) in [5.41, 5.74) is 3.85. The zero-order chi connectivity index (χ0) is 15.6. The first kappa shape index (κ1) is 15.4. The van der Waals surface area contributed by atoms with E-state index in [1.54, 1.807) is 0 Å². The Labute approximate surface area is 120 Å². The lowest BCUT2D eigenvalue weighted by Gasteiger charge is -2.25. The van der Waals surface area contributed by atoms with Crippen molar-refractivity contribution in [1.82, 2.24) is 0 Å². The van der Waals surface area contributed by atoms with Gasteiger partial charge < -0.3 is 16.2 Å². The van der Waals surface area contributed by atoms with Crippen LogP contribution in [0.5, 0.6) is 0 Å². The molecule has 0 spiro atoms. The van der Waals surface area contributed by atoms with E-state index < -0.39 is 34.5 Å². The third-order valence-electron chi connectivity index (χ3n) is 3.97. The second-order valence-electron chi connectivity index (χ2n) is 5.26. The van der Waals surface area contributed by atoms with Crippen LogP contribution in [0.1, 0.15) is 36.0 Å². The highest BCUT2D eigenvalue weighted by molar-refractivity contribution is 5.97. The molecule has 4 N–H and O–H groups in total. The van der Waals surface area contributed by atoms with Crippen LogP contribution in [-0.2, 0) is 4.79 Å². The highest BCUT2D eigenvalue weighted by Gasteiger charge is 2.40. The molecule has 1 fully saturated rings. The highest BCUT2D eigenvalue weighted by Crippen LogP contribution is 2.38. The van der Waals surface area contributed by atoms with Crippen LogP contribution in [0.4, 0.5) is 14.5 Å². The molecule has 114 valence electrons. The molecule has 0 atom stereocenters. The zero-order valence-electron chi connectivity index (χ0n) is 11.3.